The zero-order valence-corrected chi connectivity index (χ0v) is 13.6. The summed E-state index contributed by atoms with van der Waals surface area (Å²) >= 11 is 1.91. The summed E-state index contributed by atoms with van der Waals surface area (Å²) in [5.41, 5.74) is 2.95. The van der Waals surface area contributed by atoms with E-state index in [9.17, 15) is 5.11 Å². The number of aryl methyl sites for hydroxylation is 2. The molecule has 0 spiro atoms. The summed E-state index contributed by atoms with van der Waals surface area (Å²) in [5.74, 6) is 1.05. The molecule has 0 bridgehead atoms. The van der Waals surface area contributed by atoms with E-state index in [1.165, 1.54) is 24.2 Å². The van der Waals surface area contributed by atoms with Crippen LogP contribution in [0.2, 0.25) is 0 Å². The molecule has 0 saturated heterocycles. The van der Waals surface area contributed by atoms with Gasteiger partial charge in [-0.25, -0.2) is 0 Å². The second-order valence-corrected chi connectivity index (χ2v) is 7.20. The molecule has 1 aliphatic rings. The first-order valence-corrected chi connectivity index (χ1v) is 8.76. The van der Waals surface area contributed by atoms with E-state index in [2.05, 4.69) is 37.4 Å². The monoisotopic (exact) mass is 293 g/mol. The van der Waals surface area contributed by atoms with Gasteiger partial charge in [-0.05, 0) is 74.6 Å². The molecule has 0 heterocycles. The average molecular weight is 293 g/mol. The maximum Gasteiger partial charge on any atom is 0.0610 e. The Morgan fingerprint density at radius 3 is 2.85 bits per heavy atom. The number of rotatable bonds is 8. The molecule has 1 atom stereocenters. The lowest BCUT2D eigenvalue weighted by atomic mass is 10.0. The lowest BCUT2D eigenvalue weighted by Crippen LogP contribution is -2.46. The summed E-state index contributed by atoms with van der Waals surface area (Å²) in [6, 6.07) is 6.92. The first-order valence-electron chi connectivity index (χ1n) is 7.77. The Hall–Kier alpha value is -0.510. The number of aliphatic hydroxyl groups is 1. The Kier molecular flexibility index (Phi) is 5.94. The van der Waals surface area contributed by atoms with E-state index in [1.807, 2.05) is 11.8 Å². The predicted molar refractivity (Wildman–Crippen MR) is 87.6 cm³/mol. The minimum absolute atomic E-state index is 0.139. The van der Waals surface area contributed by atoms with E-state index in [4.69, 9.17) is 0 Å². The van der Waals surface area contributed by atoms with Gasteiger partial charge in [-0.1, -0.05) is 13.0 Å². The summed E-state index contributed by atoms with van der Waals surface area (Å²) in [6.45, 7) is 5.45. The molecule has 1 aromatic carbocycles. The molecule has 2 rings (SSSR count). The van der Waals surface area contributed by atoms with Crippen molar-refractivity contribution in [1.29, 1.82) is 0 Å². The van der Waals surface area contributed by atoms with Crippen LogP contribution in [-0.2, 0) is 12.8 Å². The quantitative estimate of drug-likeness (QED) is 0.721. The van der Waals surface area contributed by atoms with Crippen molar-refractivity contribution in [3.63, 3.8) is 0 Å². The molecule has 3 heteroatoms. The van der Waals surface area contributed by atoms with Crippen LogP contribution >= 0.6 is 11.8 Å². The van der Waals surface area contributed by atoms with E-state index >= 15 is 0 Å². The van der Waals surface area contributed by atoms with Crippen molar-refractivity contribution in [2.24, 2.45) is 0 Å². The first kappa shape index (κ1) is 15.9. The van der Waals surface area contributed by atoms with Crippen LogP contribution in [0.5, 0.6) is 0 Å². The maximum absolute atomic E-state index is 9.56. The minimum Gasteiger partial charge on any atom is -0.394 e. The Morgan fingerprint density at radius 1 is 1.30 bits per heavy atom. The number of thioether (sulfide) groups is 1. The van der Waals surface area contributed by atoms with E-state index in [-0.39, 0.29) is 12.1 Å². The molecular formula is C17H27NOS. The molecule has 0 aliphatic heterocycles. The molecule has 1 aliphatic carbocycles. The number of hydrogen-bond donors (Lipinski definition) is 2. The van der Waals surface area contributed by atoms with Gasteiger partial charge in [-0.15, -0.1) is 11.8 Å². The smallest absolute Gasteiger partial charge is 0.0610 e. The summed E-state index contributed by atoms with van der Waals surface area (Å²) in [4.78, 5) is 1.38. The van der Waals surface area contributed by atoms with Crippen LogP contribution in [0.1, 0.15) is 44.2 Å². The topological polar surface area (TPSA) is 32.3 Å². The number of fused-ring (bicyclic) bond motifs is 1. The number of nitrogens with one attached hydrogen (secondary N) is 1. The van der Waals surface area contributed by atoms with Gasteiger partial charge in [0.25, 0.3) is 0 Å². The molecule has 0 fully saturated rings. The second-order valence-electron chi connectivity index (χ2n) is 6.03. The fraction of sp³-hybridized carbons (Fsp3) is 0.647. The third-order valence-corrected chi connectivity index (χ3v) is 5.14. The zero-order valence-electron chi connectivity index (χ0n) is 12.7. The largest absolute Gasteiger partial charge is 0.394 e. The van der Waals surface area contributed by atoms with Crippen LogP contribution in [0.25, 0.3) is 0 Å². The highest BCUT2D eigenvalue weighted by Gasteiger charge is 2.21. The lowest BCUT2D eigenvalue weighted by Gasteiger charge is -2.28. The first-order chi connectivity index (χ1) is 9.67. The molecule has 2 N–H and O–H groups in total. The average Bonchev–Trinajstić information content (AvgIpc) is 2.93. The van der Waals surface area contributed by atoms with Gasteiger partial charge in [-0.2, -0.15) is 0 Å². The summed E-state index contributed by atoms with van der Waals surface area (Å²) in [7, 11) is 0. The van der Waals surface area contributed by atoms with Crippen molar-refractivity contribution in [2.45, 2.75) is 56.4 Å². The van der Waals surface area contributed by atoms with Crippen molar-refractivity contribution < 1.29 is 5.11 Å². The van der Waals surface area contributed by atoms with Crippen molar-refractivity contribution >= 4 is 11.8 Å². The van der Waals surface area contributed by atoms with Crippen LogP contribution in [-0.4, -0.2) is 29.5 Å². The van der Waals surface area contributed by atoms with E-state index < -0.39 is 0 Å². The highest BCUT2D eigenvalue weighted by molar-refractivity contribution is 7.99. The summed E-state index contributed by atoms with van der Waals surface area (Å²) in [5, 5.41) is 13.0. The summed E-state index contributed by atoms with van der Waals surface area (Å²) < 4.78 is 0. The maximum atomic E-state index is 9.56. The van der Waals surface area contributed by atoms with Crippen LogP contribution in [0.3, 0.4) is 0 Å². The Labute approximate surface area is 127 Å². The number of aliphatic hydroxyl groups excluding tert-OH is 1. The molecule has 1 unspecified atom stereocenters. The highest BCUT2D eigenvalue weighted by Crippen LogP contribution is 2.28. The predicted octanol–water partition coefficient (Wildman–Crippen LogP) is 3.41. The molecule has 0 aromatic heterocycles. The Bertz CT molecular complexity index is 435. The van der Waals surface area contributed by atoms with Gasteiger partial charge in [0.15, 0.2) is 0 Å². The minimum atomic E-state index is -0.139. The van der Waals surface area contributed by atoms with E-state index in [0.29, 0.717) is 0 Å². The van der Waals surface area contributed by atoms with Crippen LogP contribution in [0, 0.1) is 0 Å². The standard InChI is InChI=1S/C17H27NOS/c1-3-10-18-17(2,13-19)9-11-20-16-8-7-14-5-4-6-15(14)12-16/h7-8,12,18-19H,3-6,9-11,13H2,1-2H3. The molecule has 2 nitrogen and oxygen atoms in total. The number of benzene rings is 1. The van der Waals surface area contributed by atoms with Crippen molar-refractivity contribution in [3.05, 3.63) is 29.3 Å². The van der Waals surface area contributed by atoms with Gasteiger partial charge < -0.3 is 10.4 Å². The summed E-state index contributed by atoms with van der Waals surface area (Å²) in [6.07, 6.45) is 5.91. The zero-order chi connectivity index (χ0) is 14.4. The van der Waals surface area contributed by atoms with Gasteiger partial charge in [-0.3, -0.25) is 0 Å². The molecule has 0 amide bonds. The number of hydrogen-bond acceptors (Lipinski definition) is 3. The third-order valence-electron chi connectivity index (χ3n) is 4.14. The highest BCUT2D eigenvalue weighted by atomic mass is 32.2. The Morgan fingerprint density at radius 2 is 2.10 bits per heavy atom. The van der Waals surface area contributed by atoms with Crippen molar-refractivity contribution in [3.8, 4) is 0 Å². The molecular weight excluding hydrogens is 266 g/mol. The van der Waals surface area contributed by atoms with Crippen molar-refractivity contribution in [2.75, 3.05) is 18.9 Å². The van der Waals surface area contributed by atoms with E-state index in [0.717, 1.165) is 25.1 Å². The van der Waals surface area contributed by atoms with Gasteiger partial charge in [0.2, 0.25) is 0 Å². The van der Waals surface area contributed by atoms with Gasteiger partial charge in [0.05, 0.1) is 6.61 Å². The third kappa shape index (κ3) is 4.24. The molecule has 0 radical (unpaired) electrons. The molecule has 0 saturated carbocycles. The fourth-order valence-corrected chi connectivity index (χ4v) is 3.86. The molecule has 20 heavy (non-hydrogen) atoms. The van der Waals surface area contributed by atoms with E-state index in [1.54, 1.807) is 11.1 Å². The normalized spacial score (nSPS) is 16.9. The second kappa shape index (κ2) is 7.48. The molecule has 112 valence electrons. The van der Waals surface area contributed by atoms with Gasteiger partial charge in [0, 0.05) is 10.4 Å². The SMILES string of the molecule is CCCNC(C)(CO)CCSc1ccc2c(c1)CCC2. The van der Waals surface area contributed by atoms with Gasteiger partial charge >= 0.3 is 0 Å². The molecule has 1 aromatic rings. The Balaban J connectivity index is 1.82. The van der Waals surface area contributed by atoms with Crippen molar-refractivity contribution in [1.82, 2.24) is 5.32 Å². The van der Waals surface area contributed by atoms with Crippen LogP contribution in [0.15, 0.2) is 23.1 Å². The fourth-order valence-electron chi connectivity index (χ4n) is 2.68. The van der Waals surface area contributed by atoms with Crippen LogP contribution < -0.4 is 5.32 Å². The van der Waals surface area contributed by atoms with Crippen LogP contribution in [0.4, 0.5) is 0 Å². The van der Waals surface area contributed by atoms with Gasteiger partial charge in [0.1, 0.15) is 0 Å². The lowest BCUT2D eigenvalue weighted by molar-refractivity contribution is 0.171.